The summed E-state index contributed by atoms with van der Waals surface area (Å²) in [7, 11) is 1.99. The first-order valence-electron chi connectivity index (χ1n) is 6.98. The summed E-state index contributed by atoms with van der Waals surface area (Å²) in [4.78, 5) is 12.6. The molecule has 0 aliphatic carbocycles. The molecular weight excluding hydrogens is 266 g/mol. The van der Waals surface area contributed by atoms with Gasteiger partial charge in [0, 0.05) is 14.1 Å². The van der Waals surface area contributed by atoms with Gasteiger partial charge in [0.2, 0.25) is 0 Å². The van der Waals surface area contributed by atoms with E-state index in [4.69, 9.17) is 4.74 Å². The van der Waals surface area contributed by atoms with Gasteiger partial charge in [0.15, 0.2) is 0 Å². The Balaban J connectivity index is 2.32. The Kier molecular flexibility index (Phi) is 6.52. The van der Waals surface area contributed by atoms with E-state index in [0.29, 0.717) is 6.61 Å². The summed E-state index contributed by atoms with van der Waals surface area (Å²) in [6.45, 7) is 5.19. The molecule has 0 atom stereocenters. The number of amides is 1. The zero-order chi connectivity index (χ0) is 15.0. The van der Waals surface area contributed by atoms with E-state index < -0.39 is 8.07 Å². The lowest BCUT2D eigenvalue weighted by Crippen LogP contribution is -2.40. The molecule has 0 heterocycles. The highest BCUT2D eigenvalue weighted by atomic mass is 28.3. The quantitative estimate of drug-likeness (QED) is 0.457. The molecule has 0 saturated carbocycles. The molecule has 0 aliphatic heterocycles. The van der Waals surface area contributed by atoms with Crippen LogP contribution < -0.4 is 5.19 Å². The summed E-state index contributed by atoms with van der Waals surface area (Å²) in [6, 6.07) is 11.8. The predicted octanol–water partition coefficient (Wildman–Crippen LogP) is 3.25. The number of nitrogens with zero attached hydrogens (tertiary/aromatic N) is 1. The monoisotopic (exact) mass is 291 g/mol. The zero-order valence-corrected chi connectivity index (χ0v) is 13.9. The van der Waals surface area contributed by atoms with Crippen molar-refractivity contribution in [3.8, 4) is 0 Å². The van der Waals surface area contributed by atoms with Gasteiger partial charge < -0.3 is 9.64 Å². The number of hydrogen-bond donors (Lipinski definition) is 0. The smallest absolute Gasteiger partial charge is 0.409 e. The molecule has 20 heavy (non-hydrogen) atoms. The molecule has 3 nitrogen and oxygen atoms in total. The van der Waals surface area contributed by atoms with E-state index in [1.807, 2.05) is 0 Å². The number of ether oxygens (including phenoxy) is 1. The summed E-state index contributed by atoms with van der Waals surface area (Å²) >= 11 is 0. The maximum atomic E-state index is 11.2. The van der Waals surface area contributed by atoms with Gasteiger partial charge in [0.1, 0.15) is 0 Å². The molecule has 0 unspecified atom stereocenters. The van der Waals surface area contributed by atoms with Gasteiger partial charge >= 0.3 is 6.09 Å². The molecule has 0 N–H and O–H groups in total. The molecule has 110 valence electrons. The maximum Gasteiger partial charge on any atom is 0.409 e. The van der Waals surface area contributed by atoms with Crippen molar-refractivity contribution in [1.29, 1.82) is 0 Å². The summed E-state index contributed by atoms with van der Waals surface area (Å²) in [5.41, 5.74) is 0. The molecule has 0 fully saturated rings. The molecule has 1 aromatic rings. The Hall–Kier alpha value is -1.55. The third-order valence-corrected chi connectivity index (χ3v) is 6.38. The van der Waals surface area contributed by atoms with Gasteiger partial charge in [-0.15, -0.1) is 0 Å². The number of carbonyl (C=O) groups is 1. The first-order valence-corrected chi connectivity index (χ1v) is 10.2. The number of benzene rings is 1. The van der Waals surface area contributed by atoms with Crippen molar-refractivity contribution < 1.29 is 9.53 Å². The highest BCUT2D eigenvalue weighted by molar-refractivity contribution is 6.90. The first kappa shape index (κ1) is 16.5. The van der Waals surface area contributed by atoms with Crippen LogP contribution in [0.15, 0.2) is 42.5 Å². The van der Waals surface area contributed by atoms with E-state index in [-0.39, 0.29) is 6.09 Å². The van der Waals surface area contributed by atoms with Gasteiger partial charge in [-0.3, -0.25) is 0 Å². The molecule has 1 aromatic carbocycles. The van der Waals surface area contributed by atoms with Crippen molar-refractivity contribution in [2.75, 3.05) is 20.7 Å². The SMILES string of the molecule is CN(C)C(=O)OCC/C=C/C[Si](C)(C)c1ccccc1. The molecule has 1 rings (SSSR count). The highest BCUT2D eigenvalue weighted by Gasteiger charge is 2.20. The molecule has 0 aliphatic rings. The summed E-state index contributed by atoms with van der Waals surface area (Å²) in [5.74, 6) is 0. The Labute approximate surface area is 123 Å². The third-order valence-electron chi connectivity index (χ3n) is 3.23. The first-order chi connectivity index (χ1) is 9.43. The minimum absolute atomic E-state index is 0.280. The zero-order valence-electron chi connectivity index (χ0n) is 12.9. The van der Waals surface area contributed by atoms with Crippen molar-refractivity contribution >= 4 is 19.4 Å². The summed E-state index contributed by atoms with van der Waals surface area (Å²) in [5, 5.41) is 1.48. The average Bonchev–Trinajstić information content (AvgIpc) is 2.43. The fraction of sp³-hybridized carbons (Fsp3) is 0.438. The van der Waals surface area contributed by atoms with Crippen molar-refractivity contribution in [2.45, 2.75) is 25.6 Å². The van der Waals surface area contributed by atoms with E-state index in [1.165, 1.54) is 10.1 Å². The van der Waals surface area contributed by atoms with Crippen LogP contribution in [0.5, 0.6) is 0 Å². The molecule has 0 spiro atoms. The Morgan fingerprint density at radius 3 is 2.45 bits per heavy atom. The molecule has 0 bridgehead atoms. The topological polar surface area (TPSA) is 29.5 Å². The third kappa shape index (κ3) is 5.61. The fourth-order valence-electron chi connectivity index (χ4n) is 1.85. The molecule has 0 radical (unpaired) electrons. The maximum absolute atomic E-state index is 11.2. The van der Waals surface area contributed by atoms with E-state index in [9.17, 15) is 4.79 Å². The second kappa shape index (κ2) is 7.90. The molecule has 0 saturated heterocycles. The second-order valence-electron chi connectivity index (χ2n) is 5.72. The van der Waals surface area contributed by atoms with Crippen LogP contribution in [0.4, 0.5) is 4.79 Å². The minimum Gasteiger partial charge on any atom is -0.449 e. The van der Waals surface area contributed by atoms with Gasteiger partial charge in [-0.25, -0.2) is 4.79 Å². The average molecular weight is 291 g/mol. The standard InChI is InChI=1S/C16H25NO2Si/c1-17(2)16(18)19-13-9-6-10-14-20(3,4)15-11-7-5-8-12-15/h5-8,10-12H,9,13-14H2,1-4H3/b10-6+. The number of allylic oxidation sites excluding steroid dienone is 1. The van der Waals surface area contributed by atoms with E-state index >= 15 is 0 Å². The Morgan fingerprint density at radius 2 is 1.85 bits per heavy atom. The highest BCUT2D eigenvalue weighted by Crippen LogP contribution is 2.10. The molecule has 0 aromatic heterocycles. The number of hydrogen-bond acceptors (Lipinski definition) is 2. The minimum atomic E-state index is -1.38. The van der Waals surface area contributed by atoms with Crippen molar-refractivity contribution in [3.63, 3.8) is 0 Å². The van der Waals surface area contributed by atoms with Crippen LogP contribution in [0.1, 0.15) is 6.42 Å². The van der Waals surface area contributed by atoms with Gasteiger partial charge in [0.05, 0.1) is 14.7 Å². The van der Waals surface area contributed by atoms with Crippen LogP contribution in [-0.4, -0.2) is 39.8 Å². The largest absolute Gasteiger partial charge is 0.449 e. The molecule has 1 amide bonds. The lowest BCUT2D eigenvalue weighted by atomic mass is 10.4. The van der Waals surface area contributed by atoms with Gasteiger partial charge in [-0.1, -0.05) is 60.8 Å². The van der Waals surface area contributed by atoms with Crippen LogP contribution in [0.3, 0.4) is 0 Å². The second-order valence-corrected chi connectivity index (χ2v) is 10.5. The lowest BCUT2D eigenvalue weighted by molar-refractivity contribution is 0.120. The van der Waals surface area contributed by atoms with Crippen molar-refractivity contribution in [1.82, 2.24) is 4.90 Å². The normalized spacial score (nSPS) is 11.6. The Bertz CT molecular complexity index is 441. The van der Waals surface area contributed by atoms with E-state index in [1.54, 1.807) is 14.1 Å². The van der Waals surface area contributed by atoms with Crippen molar-refractivity contribution in [3.05, 3.63) is 42.5 Å². The van der Waals surface area contributed by atoms with E-state index in [0.717, 1.165) is 12.5 Å². The van der Waals surface area contributed by atoms with Crippen molar-refractivity contribution in [2.24, 2.45) is 0 Å². The van der Waals surface area contributed by atoms with Crippen LogP contribution >= 0.6 is 0 Å². The molecular formula is C16H25NO2Si. The lowest BCUT2D eigenvalue weighted by Gasteiger charge is -2.20. The Morgan fingerprint density at radius 1 is 1.20 bits per heavy atom. The van der Waals surface area contributed by atoms with Gasteiger partial charge in [-0.05, 0) is 12.5 Å². The molecule has 4 heteroatoms. The van der Waals surface area contributed by atoms with Gasteiger partial charge in [0.25, 0.3) is 0 Å². The summed E-state index contributed by atoms with van der Waals surface area (Å²) < 4.78 is 5.07. The van der Waals surface area contributed by atoms with Crippen LogP contribution in [0, 0.1) is 0 Å². The van der Waals surface area contributed by atoms with Crippen LogP contribution in [0.25, 0.3) is 0 Å². The predicted molar refractivity (Wildman–Crippen MR) is 87.2 cm³/mol. The van der Waals surface area contributed by atoms with Crippen LogP contribution in [-0.2, 0) is 4.74 Å². The van der Waals surface area contributed by atoms with Gasteiger partial charge in [-0.2, -0.15) is 0 Å². The number of rotatable bonds is 6. The number of carbonyl (C=O) groups excluding carboxylic acids is 1. The van der Waals surface area contributed by atoms with E-state index in [2.05, 4.69) is 55.6 Å². The van der Waals surface area contributed by atoms with Crippen LogP contribution in [0.2, 0.25) is 19.1 Å². The fourth-order valence-corrected chi connectivity index (χ4v) is 3.93. The summed E-state index contributed by atoms with van der Waals surface area (Å²) in [6.07, 6.45) is 4.83.